The van der Waals surface area contributed by atoms with Gasteiger partial charge in [0, 0.05) is 6.54 Å². The molecule has 4 nitrogen and oxygen atoms in total. The predicted molar refractivity (Wildman–Crippen MR) is 55.5 cm³/mol. The zero-order valence-electron chi connectivity index (χ0n) is 9.62. The molecule has 1 aliphatic carbocycles. The molecule has 2 saturated heterocycles. The maximum absolute atomic E-state index is 11.7. The third kappa shape index (κ3) is 2.25. The monoisotopic (exact) mass is 213 g/mol. The summed E-state index contributed by atoms with van der Waals surface area (Å²) in [5.74, 6) is 0.469. The fraction of sp³-hybridized carbons (Fsp3) is 0.909. The maximum Gasteiger partial charge on any atom is 0.410 e. The average molecular weight is 213 g/mol. The molecule has 2 bridgehead atoms. The summed E-state index contributed by atoms with van der Waals surface area (Å²) in [5, 5.41) is 9.91. The Balaban J connectivity index is 1.92. The Hall–Kier alpha value is -0.770. The van der Waals surface area contributed by atoms with Crippen LogP contribution in [0.4, 0.5) is 4.79 Å². The second kappa shape index (κ2) is 3.11. The van der Waals surface area contributed by atoms with Crippen LogP contribution in [-0.4, -0.2) is 40.4 Å². The Morgan fingerprint density at radius 1 is 1.47 bits per heavy atom. The fourth-order valence-electron chi connectivity index (χ4n) is 2.47. The zero-order chi connectivity index (χ0) is 11.3. The van der Waals surface area contributed by atoms with E-state index in [1.807, 2.05) is 20.8 Å². The first-order valence-electron chi connectivity index (χ1n) is 5.48. The number of piperidine rings is 2. The minimum Gasteiger partial charge on any atom is -0.444 e. The van der Waals surface area contributed by atoms with Gasteiger partial charge in [-0.2, -0.15) is 0 Å². The van der Waals surface area contributed by atoms with Gasteiger partial charge in [-0.25, -0.2) is 4.79 Å². The van der Waals surface area contributed by atoms with E-state index in [1.54, 1.807) is 4.90 Å². The summed E-state index contributed by atoms with van der Waals surface area (Å²) in [6.07, 6.45) is 1.38. The SMILES string of the molecule is CC(C)(C)OC(=O)N1CC2CC(O)(C2)C1. The number of aliphatic hydroxyl groups is 1. The van der Waals surface area contributed by atoms with Crippen LogP contribution in [0.1, 0.15) is 33.6 Å². The van der Waals surface area contributed by atoms with Crippen molar-refractivity contribution in [1.29, 1.82) is 0 Å². The molecular formula is C11H19NO3. The minimum absolute atomic E-state index is 0.301. The summed E-state index contributed by atoms with van der Waals surface area (Å²) in [7, 11) is 0. The van der Waals surface area contributed by atoms with Crippen molar-refractivity contribution in [3.63, 3.8) is 0 Å². The van der Waals surface area contributed by atoms with Gasteiger partial charge in [0.15, 0.2) is 0 Å². The third-order valence-corrected chi connectivity index (χ3v) is 2.95. The molecule has 0 atom stereocenters. The van der Waals surface area contributed by atoms with Crippen molar-refractivity contribution in [1.82, 2.24) is 4.90 Å². The standard InChI is InChI=1S/C11H19NO3/c1-10(2,3)15-9(13)12-6-8-4-11(14,5-8)7-12/h8,14H,4-7H2,1-3H3. The van der Waals surface area contributed by atoms with Crippen molar-refractivity contribution >= 4 is 6.09 Å². The first-order chi connectivity index (χ1) is 6.77. The van der Waals surface area contributed by atoms with E-state index in [4.69, 9.17) is 4.74 Å². The summed E-state index contributed by atoms with van der Waals surface area (Å²) in [6, 6.07) is 0. The van der Waals surface area contributed by atoms with Gasteiger partial charge in [0.2, 0.25) is 0 Å². The number of carbonyl (C=O) groups excluding carboxylic acids is 1. The fourth-order valence-corrected chi connectivity index (χ4v) is 2.47. The van der Waals surface area contributed by atoms with E-state index in [9.17, 15) is 9.90 Å². The van der Waals surface area contributed by atoms with Crippen molar-refractivity contribution in [3.05, 3.63) is 0 Å². The zero-order valence-corrected chi connectivity index (χ0v) is 9.62. The lowest BCUT2D eigenvalue weighted by molar-refractivity contribution is -0.136. The summed E-state index contributed by atoms with van der Waals surface area (Å²) >= 11 is 0. The van der Waals surface area contributed by atoms with Crippen LogP contribution in [0.3, 0.4) is 0 Å². The summed E-state index contributed by atoms with van der Waals surface area (Å²) in [5.41, 5.74) is -1.08. The van der Waals surface area contributed by atoms with Gasteiger partial charge in [-0.3, -0.25) is 0 Å². The Kier molecular flexibility index (Phi) is 2.23. The van der Waals surface area contributed by atoms with Crippen LogP contribution >= 0.6 is 0 Å². The molecule has 0 radical (unpaired) electrons. The van der Waals surface area contributed by atoms with E-state index < -0.39 is 11.2 Å². The van der Waals surface area contributed by atoms with Crippen LogP contribution in [0.15, 0.2) is 0 Å². The normalized spacial score (nSPS) is 34.7. The first kappa shape index (κ1) is 10.7. The van der Waals surface area contributed by atoms with Crippen molar-refractivity contribution in [3.8, 4) is 0 Å². The summed E-state index contributed by atoms with van der Waals surface area (Å²) < 4.78 is 5.27. The number of amides is 1. The van der Waals surface area contributed by atoms with Gasteiger partial charge in [-0.1, -0.05) is 0 Å². The van der Waals surface area contributed by atoms with Crippen LogP contribution in [-0.2, 0) is 4.74 Å². The second-order valence-corrected chi connectivity index (χ2v) is 5.86. The van der Waals surface area contributed by atoms with E-state index in [-0.39, 0.29) is 6.09 Å². The van der Waals surface area contributed by atoms with Gasteiger partial charge in [-0.15, -0.1) is 0 Å². The number of hydrogen-bond acceptors (Lipinski definition) is 3. The van der Waals surface area contributed by atoms with E-state index in [0.29, 0.717) is 12.5 Å². The number of nitrogens with zero attached hydrogens (tertiary/aromatic N) is 1. The van der Waals surface area contributed by atoms with Gasteiger partial charge in [-0.05, 0) is 39.5 Å². The number of ether oxygens (including phenoxy) is 1. The van der Waals surface area contributed by atoms with E-state index in [0.717, 1.165) is 19.4 Å². The summed E-state index contributed by atoms with van der Waals surface area (Å²) in [4.78, 5) is 13.3. The highest BCUT2D eigenvalue weighted by Crippen LogP contribution is 2.43. The topological polar surface area (TPSA) is 49.8 Å². The molecule has 3 rings (SSSR count). The lowest BCUT2D eigenvalue weighted by Gasteiger charge is -2.52. The van der Waals surface area contributed by atoms with Crippen molar-refractivity contribution in [2.24, 2.45) is 5.92 Å². The maximum atomic E-state index is 11.7. The number of carbonyl (C=O) groups is 1. The van der Waals surface area contributed by atoms with Gasteiger partial charge in [0.05, 0.1) is 12.1 Å². The highest BCUT2D eigenvalue weighted by Gasteiger charge is 2.50. The lowest BCUT2D eigenvalue weighted by atomic mass is 9.67. The largest absolute Gasteiger partial charge is 0.444 e. The van der Waals surface area contributed by atoms with Gasteiger partial charge >= 0.3 is 6.09 Å². The molecule has 0 aromatic heterocycles. The number of hydrogen-bond donors (Lipinski definition) is 1. The molecule has 2 heterocycles. The highest BCUT2D eigenvalue weighted by atomic mass is 16.6. The van der Waals surface area contributed by atoms with Crippen LogP contribution in [0.25, 0.3) is 0 Å². The lowest BCUT2D eigenvalue weighted by Crippen LogP contribution is -2.62. The quantitative estimate of drug-likeness (QED) is 0.661. The average Bonchev–Trinajstić information content (AvgIpc) is 1.98. The number of fused-ring (bicyclic) bond motifs is 2. The molecule has 4 heteroatoms. The molecule has 1 N–H and O–H groups in total. The van der Waals surface area contributed by atoms with Gasteiger partial charge < -0.3 is 14.7 Å². The molecule has 3 fully saturated rings. The van der Waals surface area contributed by atoms with Crippen LogP contribution < -0.4 is 0 Å². The van der Waals surface area contributed by atoms with Crippen LogP contribution in [0.2, 0.25) is 0 Å². The molecule has 1 saturated carbocycles. The number of rotatable bonds is 0. The Morgan fingerprint density at radius 2 is 2.07 bits per heavy atom. The molecule has 0 aromatic rings. The molecule has 0 spiro atoms. The van der Waals surface area contributed by atoms with Gasteiger partial charge in [0.1, 0.15) is 5.60 Å². The molecule has 86 valence electrons. The predicted octanol–water partition coefficient (Wildman–Crippen LogP) is 1.38. The van der Waals surface area contributed by atoms with E-state index >= 15 is 0 Å². The minimum atomic E-state index is -0.625. The molecule has 0 unspecified atom stereocenters. The van der Waals surface area contributed by atoms with E-state index in [1.165, 1.54) is 0 Å². The Morgan fingerprint density at radius 3 is 2.53 bits per heavy atom. The van der Waals surface area contributed by atoms with Crippen LogP contribution in [0, 0.1) is 5.92 Å². The smallest absolute Gasteiger partial charge is 0.410 e. The Bertz CT molecular complexity index is 276. The van der Waals surface area contributed by atoms with E-state index in [2.05, 4.69) is 0 Å². The molecule has 2 aliphatic heterocycles. The highest BCUT2D eigenvalue weighted by molar-refractivity contribution is 5.68. The molecule has 1 amide bonds. The summed E-state index contributed by atoms with van der Waals surface area (Å²) in [6.45, 7) is 6.72. The van der Waals surface area contributed by atoms with Crippen molar-refractivity contribution in [2.45, 2.75) is 44.8 Å². The second-order valence-electron chi connectivity index (χ2n) is 5.86. The van der Waals surface area contributed by atoms with Gasteiger partial charge in [0.25, 0.3) is 0 Å². The Labute approximate surface area is 90.2 Å². The molecule has 15 heavy (non-hydrogen) atoms. The molecular weight excluding hydrogens is 194 g/mol. The molecule has 3 aliphatic rings. The van der Waals surface area contributed by atoms with Crippen molar-refractivity contribution in [2.75, 3.05) is 13.1 Å². The van der Waals surface area contributed by atoms with Crippen molar-refractivity contribution < 1.29 is 14.6 Å². The third-order valence-electron chi connectivity index (χ3n) is 2.95. The van der Waals surface area contributed by atoms with Crippen LogP contribution in [0.5, 0.6) is 0 Å². The molecule has 0 aromatic carbocycles. The first-order valence-corrected chi connectivity index (χ1v) is 5.48.